The highest BCUT2D eigenvalue weighted by Crippen LogP contribution is 2.20. The number of carbonyl (C=O) groups is 1. The van der Waals surface area contributed by atoms with Gasteiger partial charge in [0.15, 0.2) is 0 Å². The zero-order valence-corrected chi connectivity index (χ0v) is 14.8. The molecule has 0 aliphatic carbocycles. The zero-order chi connectivity index (χ0) is 17.8. The van der Waals surface area contributed by atoms with E-state index in [1.54, 1.807) is 13.0 Å². The van der Waals surface area contributed by atoms with Gasteiger partial charge in [-0.25, -0.2) is 9.18 Å². The van der Waals surface area contributed by atoms with Crippen LogP contribution in [0.3, 0.4) is 0 Å². The molecule has 2 aliphatic heterocycles. The summed E-state index contributed by atoms with van der Waals surface area (Å²) in [4.78, 5) is 16.4. The van der Waals surface area contributed by atoms with Crippen LogP contribution in [0.1, 0.15) is 31.7 Å². The second-order valence-corrected chi connectivity index (χ2v) is 7.33. The summed E-state index contributed by atoms with van der Waals surface area (Å²) in [5.74, 6) is 0.0352. The number of piperidine rings is 1. The third kappa shape index (κ3) is 4.70. The lowest BCUT2D eigenvalue weighted by molar-refractivity contribution is 0.128. The average molecular weight is 349 g/mol. The molecular formula is C19H28FN3O2. The molecule has 5 nitrogen and oxygen atoms in total. The first kappa shape index (κ1) is 18.1. The van der Waals surface area contributed by atoms with Gasteiger partial charge in [0, 0.05) is 50.2 Å². The quantitative estimate of drug-likeness (QED) is 0.876. The van der Waals surface area contributed by atoms with Gasteiger partial charge in [-0.2, -0.15) is 0 Å². The smallest absolute Gasteiger partial charge is 0.317 e. The maximum Gasteiger partial charge on any atom is 0.317 e. The molecular weight excluding hydrogens is 321 g/mol. The van der Waals surface area contributed by atoms with Gasteiger partial charge in [-0.15, -0.1) is 0 Å². The molecule has 2 aliphatic rings. The topological polar surface area (TPSA) is 55.8 Å². The Labute approximate surface area is 148 Å². The van der Waals surface area contributed by atoms with Crippen LogP contribution in [0.2, 0.25) is 0 Å². The average Bonchev–Trinajstić information content (AvgIpc) is 3.09. The molecule has 0 spiro atoms. The van der Waals surface area contributed by atoms with E-state index in [0.29, 0.717) is 19.6 Å². The molecule has 6 heteroatoms. The fourth-order valence-electron chi connectivity index (χ4n) is 3.73. The lowest BCUT2D eigenvalue weighted by atomic mass is 10.0. The highest BCUT2D eigenvalue weighted by Gasteiger charge is 2.30. The van der Waals surface area contributed by atoms with E-state index >= 15 is 0 Å². The first-order valence-corrected chi connectivity index (χ1v) is 9.22. The second kappa shape index (κ2) is 8.15. The van der Waals surface area contributed by atoms with E-state index in [9.17, 15) is 14.3 Å². The summed E-state index contributed by atoms with van der Waals surface area (Å²) in [7, 11) is 0. The second-order valence-electron chi connectivity index (χ2n) is 7.33. The van der Waals surface area contributed by atoms with Crippen molar-refractivity contribution in [3.8, 4) is 0 Å². The van der Waals surface area contributed by atoms with E-state index in [4.69, 9.17) is 0 Å². The molecule has 2 N–H and O–H groups in total. The molecule has 2 atom stereocenters. The van der Waals surface area contributed by atoms with E-state index in [1.165, 1.54) is 6.07 Å². The number of halogens is 1. The van der Waals surface area contributed by atoms with Gasteiger partial charge < -0.3 is 15.3 Å². The van der Waals surface area contributed by atoms with Crippen LogP contribution in [0.15, 0.2) is 24.3 Å². The number of aliphatic hydroxyl groups excluding tert-OH is 1. The van der Waals surface area contributed by atoms with Crippen LogP contribution in [0.25, 0.3) is 0 Å². The summed E-state index contributed by atoms with van der Waals surface area (Å²) in [6, 6.07) is 7.06. The van der Waals surface area contributed by atoms with Crippen LogP contribution in [0.4, 0.5) is 9.18 Å². The SMILES string of the molecule is C[C@H](O)[C@@H]1CCN(C(=O)NC2CCN(Cc3ccccc3F)CC2)C1. The number of likely N-dealkylation sites (tertiary alicyclic amines) is 2. The molecule has 0 unspecified atom stereocenters. The van der Waals surface area contributed by atoms with Crippen molar-refractivity contribution in [2.45, 2.75) is 44.9 Å². The highest BCUT2D eigenvalue weighted by molar-refractivity contribution is 5.74. The van der Waals surface area contributed by atoms with Gasteiger partial charge in [-0.1, -0.05) is 18.2 Å². The molecule has 3 rings (SSSR count). The Morgan fingerprint density at radius 1 is 1.28 bits per heavy atom. The Kier molecular flexibility index (Phi) is 5.91. The summed E-state index contributed by atoms with van der Waals surface area (Å²) >= 11 is 0. The fourth-order valence-corrected chi connectivity index (χ4v) is 3.73. The number of benzene rings is 1. The van der Waals surface area contributed by atoms with Crippen molar-refractivity contribution in [2.24, 2.45) is 5.92 Å². The van der Waals surface area contributed by atoms with E-state index in [1.807, 2.05) is 17.0 Å². The van der Waals surface area contributed by atoms with Crippen LogP contribution in [0.5, 0.6) is 0 Å². The monoisotopic (exact) mass is 349 g/mol. The first-order chi connectivity index (χ1) is 12.0. The van der Waals surface area contributed by atoms with Crippen LogP contribution >= 0.6 is 0 Å². The van der Waals surface area contributed by atoms with Crippen LogP contribution in [-0.2, 0) is 6.54 Å². The summed E-state index contributed by atoms with van der Waals surface area (Å²) in [6.45, 7) is 5.47. The first-order valence-electron chi connectivity index (χ1n) is 9.22. The molecule has 2 fully saturated rings. The Bertz CT molecular complexity index is 588. The molecule has 0 saturated carbocycles. The number of amides is 2. The predicted molar refractivity (Wildman–Crippen MR) is 94.6 cm³/mol. The number of nitrogens with one attached hydrogen (secondary N) is 1. The van der Waals surface area contributed by atoms with Crippen molar-refractivity contribution >= 4 is 6.03 Å². The molecule has 2 saturated heterocycles. The van der Waals surface area contributed by atoms with Gasteiger partial charge in [0.1, 0.15) is 5.82 Å². The number of hydrogen-bond donors (Lipinski definition) is 2. The standard InChI is InChI=1S/C19H28FN3O2/c1-14(24)15-6-11-23(13-15)19(25)21-17-7-9-22(10-8-17)12-16-4-2-3-5-18(16)20/h2-5,14-15,17,24H,6-13H2,1H3,(H,21,25)/t14-,15+/m0/s1. The molecule has 2 amide bonds. The summed E-state index contributed by atoms with van der Waals surface area (Å²) < 4.78 is 13.7. The zero-order valence-electron chi connectivity index (χ0n) is 14.8. The molecule has 0 radical (unpaired) electrons. The predicted octanol–water partition coefficient (Wildman–Crippen LogP) is 2.20. The Hall–Kier alpha value is -1.66. The Morgan fingerprint density at radius 2 is 2.00 bits per heavy atom. The summed E-state index contributed by atoms with van der Waals surface area (Å²) in [6.07, 6.45) is 2.27. The molecule has 25 heavy (non-hydrogen) atoms. The maximum atomic E-state index is 13.7. The molecule has 138 valence electrons. The Balaban J connectivity index is 1.42. The van der Waals surface area contributed by atoms with Crippen LogP contribution < -0.4 is 5.32 Å². The number of nitrogens with zero attached hydrogens (tertiary/aromatic N) is 2. The third-order valence-electron chi connectivity index (χ3n) is 5.46. The minimum Gasteiger partial charge on any atom is -0.393 e. The van der Waals surface area contributed by atoms with E-state index in [-0.39, 0.29) is 29.9 Å². The fraction of sp³-hybridized carbons (Fsp3) is 0.632. The normalized spacial score (nSPS) is 23.6. The maximum absolute atomic E-state index is 13.7. The minimum atomic E-state index is -0.362. The van der Waals surface area contributed by atoms with E-state index in [2.05, 4.69) is 10.2 Å². The number of hydrogen-bond acceptors (Lipinski definition) is 3. The highest BCUT2D eigenvalue weighted by atomic mass is 19.1. The number of carbonyl (C=O) groups excluding carboxylic acids is 1. The number of aliphatic hydroxyl groups is 1. The van der Waals surface area contributed by atoms with Crippen LogP contribution in [0, 0.1) is 11.7 Å². The van der Waals surface area contributed by atoms with Gasteiger partial charge >= 0.3 is 6.03 Å². The lowest BCUT2D eigenvalue weighted by Crippen LogP contribution is -2.48. The van der Waals surface area contributed by atoms with Gasteiger partial charge in [0.05, 0.1) is 6.10 Å². The molecule has 1 aromatic rings. The summed E-state index contributed by atoms with van der Waals surface area (Å²) in [5.41, 5.74) is 0.728. The van der Waals surface area contributed by atoms with Crippen molar-refractivity contribution < 1.29 is 14.3 Å². The number of rotatable bonds is 4. The summed E-state index contributed by atoms with van der Waals surface area (Å²) in [5, 5.41) is 12.8. The van der Waals surface area contributed by atoms with Crippen molar-refractivity contribution in [2.75, 3.05) is 26.2 Å². The van der Waals surface area contributed by atoms with Crippen molar-refractivity contribution in [3.05, 3.63) is 35.6 Å². The lowest BCUT2D eigenvalue weighted by Gasteiger charge is -2.33. The van der Waals surface area contributed by atoms with Gasteiger partial charge in [0.25, 0.3) is 0 Å². The van der Waals surface area contributed by atoms with Crippen molar-refractivity contribution in [1.29, 1.82) is 0 Å². The minimum absolute atomic E-state index is 0.0179. The largest absolute Gasteiger partial charge is 0.393 e. The molecule has 0 bridgehead atoms. The van der Waals surface area contributed by atoms with Crippen LogP contribution in [-0.4, -0.2) is 59.3 Å². The van der Waals surface area contributed by atoms with Crippen molar-refractivity contribution in [1.82, 2.24) is 15.1 Å². The number of urea groups is 1. The van der Waals surface area contributed by atoms with E-state index < -0.39 is 0 Å². The molecule has 2 heterocycles. The van der Waals surface area contributed by atoms with E-state index in [0.717, 1.165) is 37.9 Å². The van der Waals surface area contributed by atoms with Gasteiger partial charge in [-0.05, 0) is 32.3 Å². The molecule has 0 aromatic heterocycles. The third-order valence-corrected chi connectivity index (χ3v) is 5.46. The van der Waals surface area contributed by atoms with Gasteiger partial charge in [-0.3, -0.25) is 4.90 Å². The van der Waals surface area contributed by atoms with Crippen molar-refractivity contribution in [3.63, 3.8) is 0 Å². The Morgan fingerprint density at radius 3 is 2.64 bits per heavy atom. The van der Waals surface area contributed by atoms with Gasteiger partial charge in [0.2, 0.25) is 0 Å². The molecule has 1 aromatic carbocycles.